The van der Waals surface area contributed by atoms with Crippen molar-refractivity contribution in [1.29, 1.82) is 0 Å². The van der Waals surface area contributed by atoms with E-state index in [4.69, 9.17) is 9.47 Å². The summed E-state index contributed by atoms with van der Waals surface area (Å²) < 4.78 is 36.8. The maximum atomic E-state index is 13.1. The topological polar surface area (TPSA) is 52.6 Å². The van der Waals surface area contributed by atoms with E-state index in [1.165, 1.54) is 0 Å². The quantitative estimate of drug-likeness (QED) is 0.515. The first-order chi connectivity index (χ1) is 13.9. The molecule has 0 unspecified atom stereocenters. The number of ether oxygens (including phenoxy) is 2. The van der Waals surface area contributed by atoms with Crippen LogP contribution in [-0.4, -0.2) is 28.4 Å². The molecule has 3 aromatic rings. The van der Waals surface area contributed by atoms with E-state index in [9.17, 15) is 8.42 Å². The molecule has 0 aromatic heterocycles. The minimum absolute atomic E-state index is 0.103. The first-order valence-corrected chi connectivity index (χ1v) is 10.9. The van der Waals surface area contributed by atoms with Crippen LogP contribution in [-0.2, 0) is 9.84 Å². The molecule has 3 rings (SSSR count). The SMILES string of the molecule is COc1ccc(/C=C(\CS(=O)(=O)c2ccc(C)cc2)c2ccccc2)cc1OC. The summed E-state index contributed by atoms with van der Waals surface area (Å²) in [5.74, 6) is 1.11. The Kier molecular flexibility index (Phi) is 6.39. The number of benzene rings is 3. The second-order valence-corrected chi connectivity index (χ2v) is 8.71. The molecule has 0 aliphatic heterocycles. The Morgan fingerprint density at radius 3 is 2.14 bits per heavy atom. The molecule has 3 aromatic carbocycles. The third kappa shape index (κ3) is 5.06. The lowest BCUT2D eigenvalue weighted by Gasteiger charge is -2.12. The number of rotatable bonds is 7. The third-order valence-electron chi connectivity index (χ3n) is 4.62. The molecule has 0 aliphatic carbocycles. The van der Waals surface area contributed by atoms with E-state index >= 15 is 0 Å². The van der Waals surface area contributed by atoms with Gasteiger partial charge in [0.05, 0.1) is 24.9 Å². The van der Waals surface area contributed by atoms with Crippen molar-refractivity contribution in [3.8, 4) is 11.5 Å². The second-order valence-electron chi connectivity index (χ2n) is 6.72. The summed E-state index contributed by atoms with van der Waals surface area (Å²) in [4.78, 5) is 0.317. The number of aryl methyl sites for hydroxylation is 1. The van der Waals surface area contributed by atoms with E-state index in [-0.39, 0.29) is 5.75 Å². The maximum Gasteiger partial charge on any atom is 0.182 e. The molecule has 0 N–H and O–H groups in total. The van der Waals surface area contributed by atoms with Crippen molar-refractivity contribution >= 4 is 21.5 Å². The van der Waals surface area contributed by atoms with E-state index in [0.717, 1.165) is 16.7 Å². The Hall–Kier alpha value is -3.05. The average molecular weight is 409 g/mol. The normalized spacial score (nSPS) is 11.9. The van der Waals surface area contributed by atoms with Crippen LogP contribution in [0.5, 0.6) is 11.5 Å². The molecule has 0 spiro atoms. The lowest BCUT2D eigenvalue weighted by atomic mass is 10.0. The van der Waals surface area contributed by atoms with Crippen molar-refractivity contribution in [2.24, 2.45) is 0 Å². The molecule has 0 radical (unpaired) electrons. The van der Waals surface area contributed by atoms with Crippen molar-refractivity contribution in [2.45, 2.75) is 11.8 Å². The first-order valence-electron chi connectivity index (χ1n) is 9.20. The van der Waals surface area contributed by atoms with Gasteiger partial charge in [-0.2, -0.15) is 0 Å². The summed E-state index contributed by atoms with van der Waals surface area (Å²) in [6.45, 7) is 1.93. The third-order valence-corrected chi connectivity index (χ3v) is 6.30. The van der Waals surface area contributed by atoms with Crippen LogP contribution in [0.3, 0.4) is 0 Å². The molecule has 150 valence electrons. The van der Waals surface area contributed by atoms with Gasteiger partial charge in [0.2, 0.25) is 0 Å². The lowest BCUT2D eigenvalue weighted by Crippen LogP contribution is -2.09. The molecule has 0 saturated heterocycles. The van der Waals surface area contributed by atoms with Crippen molar-refractivity contribution in [3.05, 3.63) is 89.5 Å². The predicted octanol–water partition coefficient (Wildman–Crippen LogP) is 5.03. The Bertz CT molecular complexity index is 1100. The van der Waals surface area contributed by atoms with E-state index in [1.54, 1.807) is 26.4 Å². The monoisotopic (exact) mass is 408 g/mol. The molecule has 0 aliphatic rings. The number of methoxy groups -OCH3 is 2. The van der Waals surface area contributed by atoms with Crippen LogP contribution in [0.25, 0.3) is 11.6 Å². The summed E-state index contributed by atoms with van der Waals surface area (Å²) in [5.41, 5.74) is 3.42. The fourth-order valence-corrected chi connectivity index (χ4v) is 4.41. The van der Waals surface area contributed by atoms with Crippen molar-refractivity contribution in [1.82, 2.24) is 0 Å². The Morgan fingerprint density at radius 2 is 1.52 bits per heavy atom. The van der Waals surface area contributed by atoms with E-state index < -0.39 is 9.84 Å². The standard InChI is InChI=1S/C24H24O4S/c1-18-9-12-22(13-10-18)29(25,26)17-21(20-7-5-4-6-8-20)15-19-11-14-23(27-2)24(16-19)28-3/h4-16H,17H2,1-3H3/b21-15+. The molecule has 4 nitrogen and oxygen atoms in total. The van der Waals surface area contributed by atoms with Gasteiger partial charge < -0.3 is 9.47 Å². The molecule has 5 heteroatoms. The highest BCUT2D eigenvalue weighted by Crippen LogP contribution is 2.30. The van der Waals surface area contributed by atoms with E-state index in [0.29, 0.717) is 22.0 Å². The number of hydrogen-bond donors (Lipinski definition) is 0. The van der Waals surface area contributed by atoms with Crippen LogP contribution in [0.1, 0.15) is 16.7 Å². The van der Waals surface area contributed by atoms with Gasteiger partial charge in [-0.1, -0.05) is 54.1 Å². The minimum atomic E-state index is -3.50. The highest BCUT2D eigenvalue weighted by Gasteiger charge is 2.18. The van der Waals surface area contributed by atoms with Crippen molar-refractivity contribution < 1.29 is 17.9 Å². The molecule has 0 amide bonds. The second kappa shape index (κ2) is 8.97. The predicted molar refractivity (Wildman–Crippen MR) is 117 cm³/mol. The molecule has 0 atom stereocenters. The van der Waals surface area contributed by atoms with Gasteiger partial charge in [-0.15, -0.1) is 0 Å². The highest BCUT2D eigenvalue weighted by atomic mass is 32.2. The van der Waals surface area contributed by atoms with Crippen LogP contribution in [0.15, 0.2) is 77.7 Å². The zero-order valence-corrected chi connectivity index (χ0v) is 17.6. The maximum absolute atomic E-state index is 13.1. The van der Waals surface area contributed by atoms with Gasteiger partial charge in [0.25, 0.3) is 0 Å². The summed E-state index contributed by atoms with van der Waals surface area (Å²) in [5, 5.41) is 0. The molecule has 0 bridgehead atoms. The Labute approximate surface area is 172 Å². The minimum Gasteiger partial charge on any atom is -0.493 e. The number of hydrogen-bond acceptors (Lipinski definition) is 4. The fraction of sp³-hybridized carbons (Fsp3) is 0.167. The van der Waals surface area contributed by atoms with Crippen LogP contribution >= 0.6 is 0 Å². The van der Waals surface area contributed by atoms with Crippen LogP contribution in [0.2, 0.25) is 0 Å². The molecule has 0 heterocycles. The molecule has 0 saturated carbocycles. The molecule has 29 heavy (non-hydrogen) atoms. The van der Waals surface area contributed by atoms with Crippen molar-refractivity contribution in [3.63, 3.8) is 0 Å². The van der Waals surface area contributed by atoms with Crippen LogP contribution in [0, 0.1) is 6.92 Å². The van der Waals surface area contributed by atoms with Gasteiger partial charge in [-0.05, 0) is 54.0 Å². The Balaban J connectivity index is 2.04. The molecular weight excluding hydrogens is 384 g/mol. The Morgan fingerprint density at radius 1 is 0.862 bits per heavy atom. The average Bonchev–Trinajstić information content (AvgIpc) is 2.74. The van der Waals surface area contributed by atoms with Crippen LogP contribution < -0.4 is 9.47 Å². The zero-order valence-electron chi connectivity index (χ0n) is 16.8. The largest absolute Gasteiger partial charge is 0.493 e. The highest BCUT2D eigenvalue weighted by molar-refractivity contribution is 7.91. The van der Waals surface area contributed by atoms with Crippen molar-refractivity contribution in [2.75, 3.05) is 20.0 Å². The summed E-state index contributed by atoms with van der Waals surface area (Å²) in [6, 6.07) is 22.0. The summed E-state index contributed by atoms with van der Waals surface area (Å²) in [7, 11) is -0.342. The van der Waals surface area contributed by atoms with Gasteiger partial charge in [-0.25, -0.2) is 8.42 Å². The van der Waals surface area contributed by atoms with Gasteiger partial charge in [0, 0.05) is 0 Å². The van der Waals surface area contributed by atoms with E-state index in [1.807, 2.05) is 73.7 Å². The van der Waals surface area contributed by atoms with Crippen LogP contribution in [0.4, 0.5) is 0 Å². The summed E-state index contributed by atoms with van der Waals surface area (Å²) in [6.07, 6.45) is 1.88. The van der Waals surface area contributed by atoms with Gasteiger partial charge in [-0.3, -0.25) is 0 Å². The lowest BCUT2D eigenvalue weighted by molar-refractivity contribution is 0.355. The zero-order chi connectivity index (χ0) is 20.9. The number of sulfone groups is 1. The van der Waals surface area contributed by atoms with Gasteiger partial charge >= 0.3 is 0 Å². The summed E-state index contributed by atoms with van der Waals surface area (Å²) >= 11 is 0. The van der Waals surface area contributed by atoms with Gasteiger partial charge in [0.1, 0.15) is 0 Å². The first kappa shape index (κ1) is 20.7. The smallest absolute Gasteiger partial charge is 0.182 e. The fourth-order valence-electron chi connectivity index (χ4n) is 3.04. The van der Waals surface area contributed by atoms with Gasteiger partial charge in [0.15, 0.2) is 21.3 Å². The molecule has 0 fully saturated rings. The van der Waals surface area contributed by atoms with E-state index in [2.05, 4.69) is 0 Å². The molecular formula is C24H24O4S.